The van der Waals surface area contributed by atoms with E-state index in [1.807, 2.05) is 6.07 Å². The minimum atomic E-state index is -0.796. The molecule has 0 fully saturated rings. The number of ether oxygens (including phenoxy) is 2. The van der Waals surface area contributed by atoms with Crippen molar-refractivity contribution >= 4 is 15.9 Å². The summed E-state index contributed by atoms with van der Waals surface area (Å²) < 4.78 is 24.4. The molecule has 0 bridgehead atoms. The average Bonchev–Trinajstić information content (AvgIpc) is 2.46. The van der Waals surface area contributed by atoms with Crippen LogP contribution in [0.1, 0.15) is 17.2 Å². The van der Waals surface area contributed by atoms with E-state index in [1.54, 1.807) is 32.4 Å². The summed E-state index contributed by atoms with van der Waals surface area (Å²) in [6, 6.07) is 9.81. The molecule has 5 heteroatoms. The summed E-state index contributed by atoms with van der Waals surface area (Å²) in [5, 5.41) is 10.3. The Morgan fingerprint density at radius 2 is 1.81 bits per heavy atom. The van der Waals surface area contributed by atoms with Crippen LogP contribution in [0.15, 0.2) is 40.9 Å². The van der Waals surface area contributed by atoms with Crippen LogP contribution in [0.4, 0.5) is 4.39 Å². The van der Waals surface area contributed by atoms with Gasteiger partial charge in [-0.1, -0.05) is 22.0 Å². The van der Waals surface area contributed by atoms with Crippen LogP contribution >= 0.6 is 15.9 Å². The monoisotopic (exact) mass is 354 g/mol. The fourth-order valence-electron chi connectivity index (χ4n) is 2.12. The van der Waals surface area contributed by atoms with E-state index in [9.17, 15) is 9.50 Å². The molecule has 0 saturated heterocycles. The Bertz CT molecular complexity index is 611. The van der Waals surface area contributed by atoms with Crippen LogP contribution in [0.3, 0.4) is 0 Å². The maximum atomic E-state index is 13.4. The van der Waals surface area contributed by atoms with Crippen molar-refractivity contribution in [1.29, 1.82) is 0 Å². The number of aliphatic hydroxyl groups excluding tert-OH is 1. The van der Waals surface area contributed by atoms with Crippen molar-refractivity contribution in [2.75, 3.05) is 14.2 Å². The predicted molar refractivity (Wildman–Crippen MR) is 82.3 cm³/mol. The van der Waals surface area contributed by atoms with Gasteiger partial charge in [-0.3, -0.25) is 0 Å². The van der Waals surface area contributed by atoms with Gasteiger partial charge >= 0.3 is 0 Å². The van der Waals surface area contributed by atoms with Crippen molar-refractivity contribution in [3.05, 3.63) is 57.8 Å². The number of methoxy groups -OCH3 is 2. The van der Waals surface area contributed by atoms with Crippen LogP contribution in [0.25, 0.3) is 0 Å². The Labute approximate surface area is 131 Å². The summed E-state index contributed by atoms with van der Waals surface area (Å²) >= 11 is 3.22. The first kappa shape index (κ1) is 15.8. The molecule has 0 aliphatic heterocycles. The lowest BCUT2D eigenvalue weighted by Gasteiger charge is -2.14. The molecule has 0 radical (unpaired) electrons. The Kier molecular flexibility index (Phi) is 5.20. The standard InChI is InChI=1S/C16H16BrFO3/c1-20-15-4-3-10(6-16(15)21-2)5-14(19)11-7-12(17)9-13(18)8-11/h3-4,6-9,14,19H,5H2,1-2H3. The van der Waals surface area contributed by atoms with Crippen LogP contribution in [0.2, 0.25) is 0 Å². The smallest absolute Gasteiger partial charge is 0.160 e. The molecule has 1 atom stereocenters. The molecule has 1 N–H and O–H groups in total. The molecule has 3 nitrogen and oxygen atoms in total. The van der Waals surface area contributed by atoms with Crippen LogP contribution < -0.4 is 9.47 Å². The number of rotatable bonds is 5. The van der Waals surface area contributed by atoms with E-state index in [0.29, 0.717) is 28.0 Å². The van der Waals surface area contributed by atoms with Crippen LogP contribution in [-0.4, -0.2) is 19.3 Å². The minimum absolute atomic E-state index is 0.357. The Morgan fingerprint density at radius 3 is 2.43 bits per heavy atom. The fraction of sp³-hybridized carbons (Fsp3) is 0.250. The molecule has 2 aromatic carbocycles. The van der Waals surface area contributed by atoms with Gasteiger partial charge in [0.05, 0.1) is 20.3 Å². The highest BCUT2D eigenvalue weighted by molar-refractivity contribution is 9.10. The van der Waals surface area contributed by atoms with Crippen molar-refractivity contribution in [3.8, 4) is 11.5 Å². The number of aliphatic hydroxyl groups is 1. The molecular weight excluding hydrogens is 339 g/mol. The highest BCUT2D eigenvalue weighted by Gasteiger charge is 2.13. The van der Waals surface area contributed by atoms with Crippen LogP contribution in [0.5, 0.6) is 11.5 Å². The van der Waals surface area contributed by atoms with E-state index in [-0.39, 0.29) is 5.82 Å². The van der Waals surface area contributed by atoms with Gasteiger partial charge in [0, 0.05) is 10.9 Å². The number of hydrogen-bond donors (Lipinski definition) is 1. The lowest BCUT2D eigenvalue weighted by Crippen LogP contribution is -2.03. The van der Waals surface area contributed by atoms with Gasteiger partial charge in [-0.15, -0.1) is 0 Å². The normalized spacial score (nSPS) is 12.0. The zero-order valence-electron chi connectivity index (χ0n) is 11.8. The van der Waals surface area contributed by atoms with E-state index in [1.165, 1.54) is 12.1 Å². The summed E-state index contributed by atoms with van der Waals surface area (Å²) in [5.41, 5.74) is 1.40. The SMILES string of the molecule is COc1ccc(CC(O)c2cc(F)cc(Br)c2)cc1OC. The molecule has 0 amide bonds. The number of benzene rings is 2. The lowest BCUT2D eigenvalue weighted by atomic mass is 10.0. The second kappa shape index (κ2) is 6.91. The van der Waals surface area contributed by atoms with E-state index >= 15 is 0 Å². The minimum Gasteiger partial charge on any atom is -0.493 e. The molecule has 2 aromatic rings. The molecule has 0 aliphatic rings. The van der Waals surface area contributed by atoms with Gasteiger partial charge in [-0.2, -0.15) is 0 Å². The molecule has 0 heterocycles. The van der Waals surface area contributed by atoms with Crippen LogP contribution in [0, 0.1) is 5.82 Å². The third-order valence-electron chi connectivity index (χ3n) is 3.15. The summed E-state index contributed by atoms with van der Waals surface area (Å²) in [5.74, 6) is 0.845. The first-order chi connectivity index (χ1) is 10.0. The van der Waals surface area contributed by atoms with Crippen molar-refractivity contribution in [3.63, 3.8) is 0 Å². The van der Waals surface area contributed by atoms with Crippen molar-refractivity contribution in [2.24, 2.45) is 0 Å². The molecular formula is C16H16BrFO3. The molecule has 0 aliphatic carbocycles. The summed E-state index contributed by atoms with van der Waals surface area (Å²) in [4.78, 5) is 0. The number of hydrogen-bond acceptors (Lipinski definition) is 3. The Morgan fingerprint density at radius 1 is 1.10 bits per heavy atom. The zero-order valence-corrected chi connectivity index (χ0v) is 13.4. The van der Waals surface area contributed by atoms with Gasteiger partial charge in [0.1, 0.15) is 5.82 Å². The topological polar surface area (TPSA) is 38.7 Å². The maximum absolute atomic E-state index is 13.4. The third-order valence-corrected chi connectivity index (χ3v) is 3.60. The largest absolute Gasteiger partial charge is 0.493 e. The predicted octanol–water partition coefficient (Wildman–Crippen LogP) is 3.88. The van der Waals surface area contributed by atoms with E-state index in [0.717, 1.165) is 5.56 Å². The van der Waals surface area contributed by atoms with E-state index in [4.69, 9.17) is 9.47 Å². The van der Waals surface area contributed by atoms with Gasteiger partial charge in [-0.05, 0) is 41.5 Å². The highest BCUT2D eigenvalue weighted by Crippen LogP contribution is 2.30. The lowest BCUT2D eigenvalue weighted by molar-refractivity contribution is 0.178. The summed E-state index contributed by atoms with van der Waals surface area (Å²) in [6.45, 7) is 0. The van der Waals surface area contributed by atoms with Gasteiger partial charge < -0.3 is 14.6 Å². The maximum Gasteiger partial charge on any atom is 0.160 e. The quantitative estimate of drug-likeness (QED) is 0.885. The fourth-order valence-corrected chi connectivity index (χ4v) is 2.60. The molecule has 0 spiro atoms. The average molecular weight is 355 g/mol. The number of halogens is 2. The molecule has 1 unspecified atom stereocenters. The second-order valence-corrected chi connectivity index (χ2v) is 5.53. The van der Waals surface area contributed by atoms with E-state index in [2.05, 4.69) is 15.9 Å². The molecule has 21 heavy (non-hydrogen) atoms. The Hall–Kier alpha value is -1.59. The third kappa shape index (κ3) is 3.95. The van der Waals surface area contributed by atoms with Gasteiger partial charge in [0.2, 0.25) is 0 Å². The van der Waals surface area contributed by atoms with Gasteiger partial charge in [0.15, 0.2) is 11.5 Å². The first-order valence-electron chi connectivity index (χ1n) is 6.38. The molecule has 112 valence electrons. The van der Waals surface area contributed by atoms with Crippen molar-refractivity contribution in [1.82, 2.24) is 0 Å². The van der Waals surface area contributed by atoms with E-state index < -0.39 is 6.10 Å². The molecule has 0 aromatic heterocycles. The Balaban J connectivity index is 2.20. The summed E-state index contributed by atoms with van der Waals surface area (Å²) in [6.07, 6.45) is -0.439. The summed E-state index contributed by atoms with van der Waals surface area (Å²) in [7, 11) is 3.12. The second-order valence-electron chi connectivity index (χ2n) is 4.61. The van der Waals surface area contributed by atoms with Crippen LogP contribution in [-0.2, 0) is 6.42 Å². The van der Waals surface area contributed by atoms with Gasteiger partial charge in [0.25, 0.3) is 0 Å². The molecule has 0 saturated carbocycles. The van der Waals surface area contributed by atoms with Crippen molar-refractivity contribution in [2.45, 2.75) is 12.5 Å². The highest BCUT2D eigenvalue weighted by atomic mass is 79.9. The van der Waals surface area contributed by atoms with Crippen molar-refractivity contribution < 1.29 is 19.0 Å². The molecule has 2 rings (SSSR count). The zero-order chi connectivity index (χ0) is 15.4. The first-order valence-corrected chi connectivity index (χ1v) is 7.17. The van der Waals surface area contributed by atoms with Gasteiger partial charge in [-0.25, -0.2) is 4.39 Å².